The Kier molecular flexibility index (Phi) is 8.23. The van der Waals surface area contributed by atoms with Crippen molar-refractivity contribution < 1.29 is 18.9 Å². The Morgan fingerprint density at radius 3 is 2.55 bits per heavy atom. The number of ketones is 1. The fraction of sp³-hybridized carbons (Fsp3) is 0.375. The molecule has 0 unspecified atom stereocenters. The zero-order valence-electron chi connectivity index (χ0n) is 17.6. The number of unbranched alkanes of at least 4 members (excludes halogenated alkanes) is 3. The van der Waals surface area contributed by atoms with Gasteiger partial charge in [-0.2, -0.15) is 0 Å². The lowest BCUT2D eigenvalue weighted by Gasteiger charge is -2.07. The van der Waals surface area contributed by atoms with Gasteiger partial charge in [-0.3, -0.25) is 14.9 Å². The summed E-state index contributed by atoms with van der Waals surface area (Å²) in [4.78, 5) is 24.1. The minimum Gasteiger partial charge on any atom is -0.494 e. The van der Waals surface area contributed by atoms with Gasteiger partial charge >= 0.3 is 0 Å². The van der Waals surface area contributed by atoms with Gasteiger partial charge in [-0.05, 0) is 56.0 Å². The number of halogens is 1. The molecule has 0 aliphatic carbocycles. The van der Waals surface area contributed by atoms with Crippen LogP contribution in [0.15, 0.2) is 46.9 Å². The number of non-ortho nitro benzene ring substituents is 1. The van der Waals surface area contributed by atoms with Crippen molar-refractivity contribution in [1.29, 1.82) is 0 Å². The number of nitro groups is 1. The number of fused-ring (bicyclic) bond motifs is 1. The molecule has 1 aromatic heterocycles. The summed E-state index contributed by atoms with van der Waals surface area (Å²) in [6, 6.07) is 11.4. The number of hydrogen-bond acceptors (Lipinski definition) is 5. The van der Waals surface area contributed by atoms with Crippen LogP contribution >= 0.6 is 15.9 Å². The first-order valence-corrected chi connectivity index (χ1v) is 11.7. The van der Waals surface area contributed by atoms with Gasteiger partial charge in [-0.25, -0.2) is 0 Å². The SMILES string of the molecule is CCCCc1oc2ccc([N+](=O)[O-])cc2c1C(=O)c1ccc(OCCCCCBr)cc1. The summed E-state index contributed by atoms with van der Waals surface area (Å²) < 4.78 is 11.7. The minimum atomic E-state index is -0.462. The van der Waals surface area contributed by atoms with Gasteiger partial charge in [-0.1, -0.05) is 29.3 Å². The molecule has 0 N–H and O–H groups in total. The Hall–Kier alpha value is -2.67. The molecule has 7 heteroatoms. The lowest BCUT2D eigenvalue weighted by Crippen LogP contribution is -2.04. The molecular formula is C24H26BrNO5. The molecule has 164 valence electrons. The first kappa shape index (κ1) is 23.0. The molecule has 0 bridgehead atoms. The van der Waals surface area contributed by atoms with E-state index in [0.29, 0.717) is 46.6 Å². The molecule has 0 saturated carbocycles. The lowest BCUT2D eigenvalue weighted by molar-refractivity contribution is -0.384. The highest BCUT2D eigenvalue weighted by atomic mass is 79.9. The van der Waals surface area contributed by atoms with Crippen LogP contribution in [0.2, 0.25) is 0 Å². The van der Waals surface area contributed by atoms with Crippen molar-refractivity contribution in [3.63, 3.8) is 0 Å². The highest BCUT2D eigenvalue weighted by molar-refractivity contribution is 9.09. The molecule has 0 spiro atoms. The third-order valence-corrected chi connectivity index (χ3v) is 5.66. The predicted octanol–water partition coefficient (Wildman–Crippen LogP) is 6.86. The maximum Gasteiger partial charge on any atom is 0.270 e. The van der Waals surface area contributed by atoms with Gasteiger partial charge in [0.25, 0.3) is 5.69 Å². The summed E-state index contributed by atoms with van der Waals surface area (Å²) in [7, 11) is 0. The molecule has 3 aromatic rings. The van der Waals surface area contributed by atoms with Gasteiger partial charge in [0.2, 0.25) is 0 Å². The molecule has 0 aliphatic heterocycles. The molecule has 0 radical (unpaired) electrons. The zero-order chi connectivity index (χ0) is 22.2. The smallest absolute Gasteiger partial charge is 0.270 e. The Bertz CT molecular complexity index is 1040. The number of nitrogens with zero attached hydrogens (tertiary/aromatic N) is 1. The van der Waals surface area contributed by atoms with Crippen molar-refractivity contribution in [2.75, 3.05) is 11.9 Å². The molecule has 0 amide bonds. The van der Waals surface area contributed by atoms with Crippen LogP contribution in [0.1, 0.15) is 60.7 Å². The fourth-order valence-corrected chi connectivity index (χ4v) is 3.82. The van der Waals surface area contributed by atoms with E-state index in [9.17, 15) is 14.9 Å². The minimum absolute atomic E-state index is 0.0620. The average Bonchev–Trinajstić information content (AvgIpc) is 3.14. The maximum absolute atomic E-state index is 13.4. The average molecular weight is 488 g/mol. The summed E-state index contributed by atoms with van der Waals surface area (Å²) in [6.45, 7) is 2.70. The van der Waals surface area contributed by atoms with E-state index in [0.717, 1.165) is 37.4 Å². The number of ether oxygens (including phenoxy) is 1. The number of benzene rings is 2. The monoisotopic (exact) mass is 487 g/mol. The molecule has 0 fully saturated rings. The number of hydrogen-bond donors (Lipinski definition) is 0. The van der Waals surface area contributed by atoms with Crippen molar-refractivity contribution in [1.82, 2.24) is 0 Å². The van der Waals surface area contributed by atoms with Gasteiger partial charge in [0.05, 0.1) is 17.1 Å². The normalized spacial score (nSPS) is 11.0. The van der Waals surface area contributed by atoms with Crippen LogP contribution in [0.3, 0.4) is 0 Å². The molecule has 0 atom stereocenters. The molecule has 3 rings (SSSR count). The van der Waals surface area contributed by atoms with Crippen molar-refractivity contribution in [2.45, 2.75) is 45.4 Å². The van der Waals surface area contributed by atoms with E-state index in [-0.39, 0.29) is 11.5 Å². The number of nitro benzene ring substituents is 1. The third-order valence-electron chi connectivity index (χ3n) is 5.10. The molecule has 0 saturated heterocycles. The number of carbonyl (C=O) groups excluding carboxylic acids is 1. The van der Waals surface area contributed by atoms with Crippen LogP contribution in [-0.4, -0.2) is 22.6 Å². The third kappa shape index (κ3) is 5.73. The van der Waals surface area contributed by atoms with E-state index in [1.807, 2.05) is 0 Å². The van der Waals surface area contributed by atoms with Crippen LogP contribution in [0.4, 0.5) is 5.69 Å². The Balaban J connectivity index is 1.86. The highest BCUT2D eigenvalue weighted by Gasteiger charge is 2.23. The van der Waals surface area contributed by atoms with Crippen molar-refractivity contribution >= 4 is 38.4 Å². The van der Waals surface area contributed by atoms with Crippen molar-refractivity contribution in [3.05, 3.63) is 69.5 Å². The summed E-state index contributed by atoms with van der Waals surface area (Å²) >= 11 is 3.42. The summed E-state index contributed by atoms with van der Waals surface area (Å²) in [6.07, 6.45) is 5.62. The highest BCUT2D eigenvalue weighted by Crippen LogP contribution is 2.32. The van der Waals surface area contributed by atoms with Gasteiger partial charge in [0.15, 0.2) is 5.78 Å². The van der Waals surface area contributed by atoms with Crippen LogP contribution in [0, 0.1) is 10.1 Å². The number of carbonyl (C=O) groups is 1. The molecule has 2 aromatic carbocycles. The number of furan rings is 1. The van der Waals surface area contributed by atoms with Crippen molar-refractivity contribution in [3.8, 4) is 5.75 Å². The van der Waals surface area contributed by atoms with Gasteiger partial charge in [0, 0.05) is 34.8 Å². The van der Waals surface area contributed by atoms with E-state index in [2.05, 4.69) is 22.9 Å². The number of rotatable bonds is 12. The molecule has 6 nitrogen and oxygen atoms in total. The van der Waals surface area contributed by atoms with E-state index in [4.69, 9.17) is 9.15 Å². The lowest BCUT2D eigenvalue weighted by atomic mass is 9.98. The summed E-state index contributed by atoms with van der Waals surface area (Å²) in [5.41, 5.74) is 1.34. The summed E-state index contributed by atoms with van der Waals surface area (Å²) in [5.74, 6) is 1.10. The number of alkyl halides is 1. The van der Waals surface area contributed by atoms with Gasteiger partial charge in [-0.15, -0.1) is 0 Å². The molecule has 1 heterocycles. The van der Waals surface area contributed by atoms with Crippen molar-refractivity contribution in [2.24, 2.45) is 0 Å². The topological polar surface area (TPSA) is 82.6 Å². The zero-order valence-corrected chi connectivity index (χ0v) is 19.2. The fourth-order valence-electron chi connectivity index (χ4n) is 3.42. The second-order valence-corrected chi connectivity index (χ2v) is 8.19. The maximum atomic E-state index is 13.4. The molecule has 31 heavy (non-hydrogen) atoms. The first-order chi connectivity index (χ1) is 15.0. The first-order valence-electron chi connectivity index (χ1n) is 10.6. The molecular weight excluding hydrogens is 462 g/mol. The standard InChI is InChI=1S/C24H26BrNO5/c1-2-3-7-22-23(20-16-18(26(28)29)10-13-21(20)31-22)24(27)17-8-11-19(12-9-17)30-15-6-4-5-14-25/h8-13,16H,2-7,14-15H2,1H3. The van der Waals surface area contributed by atoms with Crippen LogP contribution < -0.4 is 4.74 Å². The Morgan fingerprint density at radius 2 is 1.87 bits per heavy atom. The number of aryl methyl sites for hydroxylation is 1. The predicted molar refractivity (Wildman–Crippen MR) is 124 cm³/mol. The second-order valence-electron chi connectivity index (χ2n) is 7.39. The van der Waals surface area contributed by atoms with Crippen LogP contribution in [-0.2, 0) is 6.42 Å². The Labute approximate surface area is 189 Å². The van der Waals surface area contributed by atoms with Gasteiger partial charge in [0.1, 0.15) is 17.1 Å². The quantitative estimate of drug-likeness (QED) is 0.0915. The van der Waals surface area contributed by atoms with E-state index < -0.39 is 4.92 Å². The van der Waals surface area contributed by atoms with E-state index in [1.165, 1.54) is 12.1 Å². The second kappa shape index (κ2) is 11.1. The largest absolute Gasteiger partial charge is 0.494 e. The molecule has 0 aliphatic rings. The van der Waals surface area contributed by atoms with E-state index >= 15 is 0 Å². The van der Waals surface area contributed by atoms with Gasteiger partial charge < -0.3 is 9.15 Å². The van der Waals surface area contributed by atoms with Crippen LogP contribution in [0.25, 0.3) is 11.0 Å². The Morgan fingerprint density at radius 1 is 1.10 bits per heavy atom. The summed E-state index contributed by atoms with van der Waals surface area (Å²) in [5, 5.41) is 12.7. The van der Waals surface area contributed by atoms with Crippen LogP contribution in [0.5, 0.6) is 5.75 Å². The van der Waals surface area contributed by atoms with E-state index in [1.54, 1.807) is 30.3 Å².